The number of nitrogens with one attached hydrogen (secondary N) is 1. The van der Waals surface area contributed by atoms with E-state index in [2.05, 4.69) is 0 Å². The molecule has 0 aromatic rings. The van der Waals surface area contributed by atoms with Crippen LogP contribution in [0.25, 0.3) is 0 Å². The van der Waals surface area contributed by atoms with Gasteiger partial charge in [-0.05, 0) is 12.8 Å². The Bertz CT molecular complexity index is 518. The molecule has 1 aliphatic heterocycles. The molecule has 0 aromatic heterocycles. The molecule has 0 bridgehead atoms. The van der Waals surface area contributed by atoms with Crippen LogP contribution in [0.4, 0.5) is 4.39 Å². The molecular weight excluding hydrogens is 291 g/mol. The van der Waals surface area contributed by atoms with Crippen molar-refractivity contribution in [3.63, 3.8) is 0 Å². The van der Waals surface area contributed by atoms with Crippen molar-refractivity contribution in [2.75, 3.05) is 12.8 Å². The summed E-state index contributed by atoms with van der Waals surface area (Å²) in [7, 11) is -3.54. The summed E-state index contributed by atoms with van der Waals surface area (Å²) in [5.41, 5.74) is 0. The lowest BCUT2D eigenvalue weighted by Crippen LogP contribution is -2.43. The minimum Gasteiger partial charge on any atom is -0.267 e. The van der Waals surface area contributed by atoms with E-state index in [1.54, 1.807) is 11.8 Å². The molecule has 0 radical (unpaired) electrons. The second-order valence-corrected chi connectivity index (χ2v) is 8.26. The van der Waals surface area contributed by atoms with Crippen LogP contribution >= 0.6 is 11.8 Å². The summed E-state index contributed by atoms with van der Waals surface area (Å²) in [6, 6.07) is -0.000870. The van der Waals surface area contributed by atoms with E-state index in [-0.39, 0.29) is 12.6 Å². The monoisotopic (exact) mass is 309 g/mol. The van der Waals surface area contributed by atoms with Gasteiger partial charge in [-0.25, -0.2) is 22.1 Å². The summed E-state index contributed by atoms with van der Waals surface area (Å²) in [6.45, 7) is 1.86. The molecule has 5 nitrogen and oxygen atoms in total. The highest BCUT2D eigenvalue weighted by atomic mass is 32.2. The molecule has 19 heavy (non-hydrogen) atoms. The zero-order valence-electron chi connectivity index (χ0n) is 10.9. The first-order valence-corrected chi connectivity index (χ1v) is 8.95. The number of nitrogens with zero attached hydrogens (tertiary/aromatic N) is 1. The van der Waals surface area contributed by atoms with Crippen molar-refractivity contribution in [2.45, 2.75) is 43.6 Å². The van der Waals surface area contributed by atoms with Gasteiger partial charge in [-0.15, -0.1) is 0 Å². The largest absolute Gasteiger partial charge is 0.298 e. The number of halogens is 1. The third-order valence-electron chi connectivity index (χ3n) is 3.43. The van der Waals surface area contributed by atoms with Gasteiger partial charge in [0.25, 0.3) is 5.91 Å². The van der Waals surface area contributed by atoms with Crippen molar-refractivity contribution in [1.29, 1.82) is 0 Å². The normalized spacial score (nSPS) is 31.2. The molecule has 1 fully saturated rings. The van der Waals surface area contributed by atoms with Crippen molar-refractivity contribution in [2.24, 2.45) is 0 Å². The first-order valence-electron chi connectivity index (χ1n) is 6.18. The molecule has 3 unspecified atom stereocenters. The summed E-state index contributed by atoms with van der Waals surface area (Å²) in [5, 5.41) is 1.28. The maximum atomic E-state index is 13.5. The van der Waals surface area contributed by atoms with E-state index in [4.69, 9.17) is 0 Å². The Kier molecular flexibility index (Phi) is 4.20. The van der Waals surface area contributed by atoms with Gasteiger partial charge in [-0.2, -0.15) is 0 Å². The number of rotatable bonds is 3. The maximum absolute atomic E-state index is 13.5. The van der Waals surface area contributed by atoms with Crippen molar-refractivity contribution in [3.05, 3.63) is 0 Å². The van der Waals surface area contributed by atoms with Crippen LogP contribution in [-0.2, 0) is 14.8 Å². The number of amides is 1. The molecule has 2 rings (SSSR count). The molecule has 3 atom stereocenters. The minimum atomic E-state index is -3.54. The van der Waals surface area contributed by atoms with Crippen LogP contribution in [0, 0.1) is 0 Å². The van der Waals surface area contributed by atoms with Crippen LogP contribution in [0.2, 0.25) is 0 Å². The van der Waals surface area contributed by atoms with E-state index in [1.807, 2.05) is 16.2 Å². The standard InChI is InChI=1S/C11H17FN2O3S2/c1-7-14(6-11(15)13-19(2,16)17)9-5-8(12)3-4-10(9)18-7/h8-10H,3-6H2,1-2H3/p+1. The summed E-state index contributed by atoms with van der Waals surface area (Å²) in [4.78, 5) is 11.7. The fourth-order valence-electron chi connectivity index (χ4n) is 2.68. The number of carbonyl (C=O) groups excluding carboxylic acids is 1. The molecule has 2 aliphatic rings. The van der Waals surface area contributed by atoms with Crippen LogP contribution in [0.5, 0.6) is 0 Å². The summed E-state index contributed by atoms with van der Waals surface area (Å²) >= 11 is 1.67. The fraction of sp³-hybridized carbons (Fsp3) is 0.818. The zero-order chi connectivity index (χ0) is 14.2. The van der Waals surface area contributed by atoms with Crippen molar-refractivity contribution >= 4 is 32.7 Å². The minimum absolute atomic E-state index is 0.000870. The van der Waals surface area contributed by atoms with Crippen LogP contribution in [0.3, 0.4) is 0 Å². The molecule has 1 amide bonds. The molecular formula is C11H18FN2O3S2+. The Labute approximate surface area is 116 Å². The first kappa shape index (κ1) is 14.8. The predicted molar refractivity (Wildman–Crippen MR) is 72.7 cm³/mol. The van der Waals surface area contributed by atoms with E-state index in [0.29, 0.717) is 18.1 Å². The van der Waals surface area contributed by atoms with E-state index >= 15 is 0 Å². The number of hydrogen-bond acceptors (Lipinski definition) is 4. The molecule has 1 saturated carbocycles. The summed E-state index contributed by atoms with van der Waals surface area (Å²) in [6.07, 6.45) is 1.92. The van der Waals surface area contributed by atoms with Gasteiger partial charge in [-0.3, -0.25) is 4.79 Å². The zero-order valence-corrected chi connectivity index (χ0v) is 12.6. The van der Waals surface area contributed by atoms with Crippen molar-refractivity contribution in [3.8, 4) is 0 Å². The van der Waals surface area contributed by atoms with Gasteiger partial charge < -0.3 is 0 Å². The predicted octanol–water partition coefficient (Wildman–Crippen LogP) is 0.499. The van der Waals surface area contributed by atoms with Crippen LogP contribution in [-0.4, -0.2) is 54.2 Å². The Balaban J connectivity index is 2.06. The topological polar surface area (TPSA) is 66.2 Å². The number of hydrogen-bond donors (Lipinski definition) is 1. The lowest BCUT2D eigenvalue weighted by molar-refractivity contribution is -0.553. The molecule has 0 aromatic carbocycles. The SMILES string of the molecule is CC1=[N+](CC(=O)NS(C)(=O)=O)C2CC(F)CCC2S1. The van der Waals surface area contributed by atoms with Gasteiger partial charge in [-0.1, -0.05) is 11.8 Å². The van der Waals surface area contributed by atoms with Crippen LogP contribution in [0.15, 0.2) is 0 Å². The summed E-state index contributed by atoms with van der Waals surface area (Å²) in [5.74, 6) is -0.566. The smallest absolute Gasteiger partial charge is 0.267 e. The number of fused-ring (bicyclic) bond motifs is 1. The first-order chi connectivity index (χ1) is 8.76. The van der Waals surface area contributed by atoms with Crippen LogP contribution < -0.4 is 4.72 Å². The third kappa shape index (κ3) is 3.68. The van der Waals surface area contributed by atoms with Gasteiger partial charge in [0.15, 0.2) is 6.04 Å². The second-order valence-electron chi connectivity index (χ2n) is 5.08. The average Bonchev–Trinajstić information content (AvgIpc) is 2.53. The second kappa shape index (κ2) is 5.40. The Hall–Kier alpha value is -0.630. The number of sulfonamides is 1. The number of carbonyl (C=O) groups is 1. The molecule has 0 saturated heterocycles. The van der Waals surface area contributed by atoms with Crippen molar-refractivity contribution < 1.29 is 22.2 Å². The molecule has 1 N–H and O–H groups in total. The van der Waals surface area contributed by atoms with E-state index in [9.17, 15) is 17.6 Å². The summed E-state index contributed by atoms with van der Waals surface area (Å²) < 4.78 is 39.3. The molecule has 8 heteroatoms. The van der Waals surface area contributed by atoms with E-state index in [0.717, 1.165) is 17.7 Å². The number of alkyl halides is 1. The van der Waals surface area contributed by atoms with Gasteiger partial charge in [0.05, 0.1) is 11.5 Å². The average molecular weight is 309 g/mol. The van der Waals surface area contributed by atoms with Gasteiger partial charge in [0.2, 0.25) is 21.6 Å². The Morgan fingerprint density at radius 1 is 1.53 bits per heavy atom. The van der Waals surface area contributed by atoms with Crippen LogP contribution in [0.1, 0.15) is 26.2 Å². The van der Waals surface area contributed by atoms with Gasteiger partial charge in [0, 0.05) is 13.3 Å². The molecule has 1 heterocycles. The van der Waals surface area contributed by atoms with E-state index < -0.39 is 22.1 Å². The highest BCUT2D eigenvalue weighted by molar-refractivity contribution is 8.14. The Morgan fingerprint density at radius 2 is 2.21 bits per heavy atom. The highest BCUT2D eigenvalue weighted by Crippen LogP contribution is 2.37. The van der Waals surface area contributed by atoms with E-state index in [1.165, 1.54) is 0 Å². The fourth-order valence-corrected chi connectivity index (χ4v) is 4.60. The van der Waals surface area contributed by atoms with Gasteiger partial charge >= 0.3 is 0 Å². The maximum Gasteiger partial charge on any atom is 0.298 e. The van der Waals surface area contributed by atoms with Gasteiger partial charge in [0.1, 0.15) is 6.17 Å². The van der Waals surface area contributed by atoms with Crippen molar-refractivity contribution in [1.82, 2.24) is 4.72 Å². The molecule has 0 spiro atoms. The quantitative estimate of drug-likeness (QED) is 0.771. The highest BCUT2D eigenvalue weighted by Gasteiger charge is 2.45. The molecule has 1 aliphatic carbocycles. The lowest BCUT2D eigenvalue weighted by Gasteiger charge is -2.24. The third-order valence-corrected chi connectivity index (χ3v) is 5.46. The number of thioether (sulfide) groups is 1. The lowest BCUT2D eigenvalue weighted by atomic mass is 9.93. The molecule has 108 valence electrons. The Morgan fingerprint density at radius 3 is 2.84 bits per heavy atom.